The number of rotatable bonds is 5. The summed E-state index contributed by atoms with van der Waals surface area (Å²) in [6.07, 6.45) is 1.79. The maximum atomic E-state index is 5.25. The average molecular weight is 247 g/mol. The first-order valence-electron chi connectivity index (χ1n) is 5.89. The van der Waals surface area contributed by atoms with Crippen molar-refractivity contribution in [3.63, 3.8) is 0 Å². The standard InChI is InChI=1S/C14H21N3O/c1-5-6-16-14(15-3)17-10-12-7-11(2)8-13(9-12)18-4/h5,7-9H,1,6,10H2,2-4H3,(H2,15,16,17). The molecule has 0 aliphatic carbocycles. The van der Waals surface area contributed by atoms with Gasteiger partial charge in [0.2, 0.25) is 0 Å². The number of methoxy groups -OCH3 is 1. The molecular weight excluding hydrogens is 226 g/mol. The molecule has 4 heteroatoms. The Hall–Kier alpha value is -1.97. The lowest BCUT2D eigenvalue weighted by Crippen LogP contribution is -2.36. The highest BCUT2D eigenvalue weighted by Crippen LogP contribution is 2.16. The Morgan fingerprint density at radius 1 is 1.39 bits per heavy atom. The molecule has 0 aliphatic rings. The third-order valence-corrected chi connectivity index (χ3v) is 2.44. The summed E-state index contributed by atoms with van der Waals surface area (Å²) in [6.45, 7) is 7.10. The van der Waals surface area contributed by atoms with Crippen molar-refractivity contribution in [1.82, 2.24) is 10.6 Å². The van der Waals surface area contributed by atoms with Gasteiger partial charge in [-0.1, -0.05) is 12.1 Å². The molecule has 98 valence electrons. The predicted octanol–water partition coefficient (Wildman–Crippen LogP) is 1.85. The van der Waals surface area contributed by atoms with Gasteiger partial charge in [-0.3, -0.25) is 4.99 Å². The molecule has 2 N–H and O–H groups in total. The zero-order valence-electron chi connectivity index (χ0n) is 11.3. The van der Waals surface area contributed by atoms with Crippen molar-refractivity contribution in [2.45, 2.75) is 13.5 Å². The molecule has 0 saturated carbocycles. The van der Waals surface area contributed by atoms with Gasteiger partial charge in [0.25, 0.3) is 0 Å². The molecular formula is C14H21N3O. The van der Waals surface area contributed by atoms with Crippen LogP contribution in [0.5, 0.6) is 5.75 Å². The molecule has 1 aromatic rings. The average Bonchev–Trinajstić information content (AvgIpc) is 2.38. The molecule has 0 spiro atoms. The van der Waals surface area contributed by atoms with Crippen molar-refractivity contribution >= 4 is 5.96 Å². The van der Waals surface area contributed by atoms with Crippen molar-refractivity contribution in [2.24, 2.45) is 4.99 Å². The van der Waals surface area contributed by atoms with Gasteiger partial charge in [0.1, 0.15) is 5.75 Å². The van der Waals surface area contributed by atoms with E-state index in [1.54, 1.807) is 20.2 Å². The van der Waals surface area contributed by atoms with Gasteiger partial charge in [-0.2, -0.15) is 0 Å². The summed E-state index contributed by atoms with van der Waals surface area (Å²) >= 11 is 0. The van der Waals surface area contributed by atoms with Crippen molar-refractivity contribution in [1.29, 1.82) is 0 Å². The van der Waals surface area contributed by atoms with E-state index in [0.717, 1.165) is 17.3 Å². The fraction of sp³-hybridized carbons (Fsp3) is 0.357. The minimum absolute atomic E-state index is 0.691. The van der Waals surface area contributed by atoms with Crippen molar-refractivity contribution in [3.05, 3.63) is 42.0 Å². The van der Waals surface area contributed by atoms with Crippen LogP contribution in [-0.2, 0) is 6.54 Å². The second-order valence-corrected chi connectivity index (χ2v) is 3.95. The Bertz CT molecular complexity index is 427. The molecule has 0 fully saturated rings. The lowest BCUT2D eigenvalue weighted by Gasteiger charge is -2.11. The summed E-state index contributed by atoms with van der Waals surface area (Å²) in [6, 6.07) is 6.14. The quantitative estimate of drug-likeness (QED) is 0.474. The summed E-state index contributed by atoms with van der Waals surface area (Å²) in [4.78, 5) is 4.12. The highest BCUT2D eigenvalue weighted by molar-refractivity contribution is 5.79. The molecule has 0 radical (unpaired) electrons. The van der Waals surface area contributed by atoms with Gasteiger partial charge < -0.3 is 15.4 Å². The normalized spacial score (nSPS) is 10.9. The van der Waals surface area contributed by atoms with Crippen LogP contribution in [0.1, 0.15) is 11.1 Å². The van der Waals surface area contributed by atoms with E-state index < -0.39 is 0 Å². The number of hydrogen-bond acceptors (Lipinski definition) is 2. The third kappa shape index (κ3) is 4.49. The zero-order chi connectivity index (χ0) is 13.4. The first kappa shape index (κ1) is 14.1. The van der Waals surface area contributed by atoms with E-state index in [1.165, 1.54) is 5.56 Å². The maximum absolute atomic E-state index is 5.25. The molecule has 18 heavy (non-hydrogen) atoms. The largest absolute Gasteiger partial charge is 0.497 e. The Labute approximate surface area is 109 Å². The maximum Gasteiger partial charge on any atom is 0.191 e. The van der Waals surface area contributed by atoms with E-state index >= 15 is 0 Å². The van der Waals surface area contributed by atoms with Gasteiger partial charge in [0.15, 0.2) is 5.96 Å². The summed E-state index contributed by atoms with van der Waals surface area (Å²) in [7, 11) is 3.42. The van der Waals surface area contributed by atoms with Gasteiger partial charge >= 0.3 is 0 Å². The van der Waals surface area contributed by atoms with Gasteiger partial charge in [0.05, 0.1) is 7.11 Å². The van der Waals surface area contributed by atoms with Crippen LogP contribution in [0.3, 0.4) is 0 Å². The second-order valence-electron chi connectivity index (χ2n) is 3.95. The SMILES string of the molecule is C=CCNC(=NC)NCc1cc(C)cc(OC)c1. The molecule has 0 atom stereocenters. The monoisotopic (exact) mass is 247 g/mol. The van der Waals surface area contributed by atoms with Crippen LogP contribution < -0.4 is 15.4 Å². The van der Waals surface area contributed by atoms with E-state index in [2.05, 4.69) is 35.2 Å². The van der Waals surface area contributed by atoms with Gasteiger partial charge in [-0.05, 0) is 30.2 Å². The topological polar surface area (TPSA) is 45.7 Å². The molecule has 0 bridgehead atoms. The summed E-state index contributed by atoms with van der Waals surface area (Å²) in [5.41, 5.74) is 2.34. The lowest BCUT2D eigenvalue weighted by molar-refractivity contribution is 0.414. The number of hydrogen-bond donors (Lipinski definition) is 2. The van der Waals surface area contributed by atoms with E-state index in [1.807, 2.05) is 12.1 Å². The Morgan fingerprint density at radius 2 is 2.17 bits per heavy atom. The summed E-state index contributed by atoms with van der Waals surface area (Å²) in [5.74, 6) is 1.64. The van der Waals surface area contributed by atoms with Gasteiger partial charge in [0, 0.05) is 20.1 Å². The Kier molecular flexibility index (Phi) is 5.77. The van der Waals surface area contributed by atoms with Crippen LogP contribution in [-0.4, -0.2) is 26.7 Å². The third-order valence-electron chi connectivity index (χ3n) is 2.44. The van der Waals surface area contributed by atoms with Gasteiger partial charge in [-0.15, -0.1) is 6.58 Å². The fourth-order valence-corrected chi connectivity index (χ4v) is 1.62. The summed E-state index contributed by atoms with van der Waals surface area (Å²) < 4.78 is 5.25. The van der Waals surface area contributed by atoms with Crippen LogP contribution in [0.25, 0.3) is 0 Å². The first-order chi connectivity index (χ1) is 8.69. The second kappa shape index (κ2) is 7.37. The van der Waals surface area contributed by atoms with E-state index in [0.29, 0.717) is 13.1 Å². The molecule has 4 nitrogen and oxygen atoms in total. The molecule has 0 amide bonds. The van der Waals surface area contributed by atoms with Crippen molar-refractivity contribution < 1.29 is 4.74 Å². The number of aryl methyl sites for hydroxylation is 1. The van der Waals surface area contributed by atoms with Crippen LogP contribution in [0.15, 0.2) is 35.8 Å². The highest BCUT2D eigenvalue weighted by Gasteiger charge is 2.00. The minimum atomic E-state index is 0.691. The van der Waals surface area contributed by atoms with Crippen LogP contribution >= 0.6 is 0 Å². The smallest absolute Gasteiger partial charge is 0.191 e. The van der Waals surface area contributed by atoms with E-state index in [9.17, 15) is 0 Å². The van der Waals surface area contributed by atoms with Crippen LogP contribution in [0.4, 0.5) is 0 Å². The molecule has 1 rings (SSSR count). The first-order valence-corrected chi connectivity index (χ1v) is 5.89. The number of ether oxygens (including phenoxy) is 1. The number of aliphatic imine (C=N–C) groups is 1. The zero-order valence-corrected chi connectivity index (χ0v) is 11.3. The molecule has 0 saturated heterocycles. The number of nitrogens with one attached hydrogen (secondary N) is 2. The number of guanidine groups is 1. The molecule has 0 aromatic heterocycles. The van der Waals surface area contributed by atoms with E-state index in [4.69, 9.17) is 4.74 Å². The minimum Gasteiger partial charge on any atom is -0.497 e. The van der Waals surface area contributed by atoms with Crippen molar-refractivity contribution in [2.75, 3.05) is 20.7 Å². The van der Waals surface area contributed by atoms with Crippen molar-refractivity contribution in [3.8, 4) is 5.75 Å². The van der Waals surface area contributed by atoms with Crippen LogP contribution in [0, 0.1) is 6.92 Å². The molecule has 0 aliphatic heterocycles. The van der Waals surface area contributed by atoms with Gasteiger partial charge in [-0.25, -0.2) is 0 Å². The lowest BCUT2D eigenvalue weighted by atomic mass is 10.1. The van der Waals surface area contributed by atoms with Crippen LogP contribution in [0.2, 0.25) is 0 Å². The summed E-state index contributed by atoms with van der Waals surface area (Å²) in [5, 5.41) is 6.36. The number of nitrogens with zero attached hydrogens (tertiary/aromatic N) is 1. The van der Waals surface area contributed by atoms with E-state index in [-0.39, 0.29) is 0 Å². The Morgan fingerprint density at radius 3 is 2.78 bits per heavy atom. The Balaban J connectivity index is 2.61. The fourth-order valence-electron chi connectivity index (χ4n) is 1.62. The molecule has 0 heterocycles. The molecule has 1 aromatic carbocycles. The highest BCUT2D eigenvalue weighted by atomic mass is 16.5. The number of benzene rings is 1. The molecule has 0 unspecified atom stereocenters. The predicted molar refractivity (Wildman–Crippen MR) is 76.1 cm³/mol.